The minimum atomic E-state index is -3.91. The van der Waals surface area contributed by atoms with Crippen molar-refractivity contribution in [1.82, 2.24) is 0 Å². The number of carbonyl (C=O) groups is 3. The maximum Gasteiger partial charge on any atom is 0.265 e. The molecule has 0 aliphatic rings. The van der Waals surface area contributed by atoms with Gasteiger partial charge in [-0.3, -0.25) is 19.1 Å². The van der Waals surface area contributed by atoms with E-state index >= 15 is 0 Å². The molecule has 0 fully saturated rings. The maximum absolute atomic E-state index is 13.2. The lowest BCUT2D eigenvalue weighted by Crippen LogP contribution is -2.30. The quantitative estimate of drug-likeness (QED) is 0.365. The minimum Gasteiger partial charge on any atom is -0.295 e. The number of benzene rings is 3. The molecule has 0 saturated heterocycles. The van der Waals surface area contributed by atoms with Crippen LogP contribution >= 0.6 is 0 Å². The summed E-state index contributed by atoms with van der Waals surface area (Å²) in [6, 6.07) is 17.3. The van der Waals surface area contributed by atoms with E-state index in [2.05, 4.69) is 4.72 Å². The van der Waals surface area contributed by atoms with Gasteiger partial charge in [0.05, 0.1) is 16.3 Å². The van der Waals surface area contributed by atoms with E-state index in [1.54, 1.807) is 43.3 Å². The highest BCUT2D eigenvalue weighted by Crippen LogP contribution is 2.27. The molecule has 2 amide bonds. The molecule has 0 radical (unpaired) electrons. The first-order chi connectivity index (χ1) is 16.3. The molecule has 0 atom stereocenters. The molecule has 0 heterocycles. The summed E-state index contributed by atoms with van der Waals surface area (Å²) in [6.07, 6.45) is 0.387. The monoisotopic (exact) mass is 492 g/mol. The number of hydrogen-bond acceptors (Lipinski definition) is 5. The summed E-state index contributed by atoms with van der Waals surface area (Å²) in [5.74, 6) is -0.756. The van der Waals surface area contributed by atoms with Crippen LogP contribution in [0.1, 0.15) is 59.5 Å². The fourth-order valence-corrected chi connectivity index (χ4v) is 4.65. The Bertz CT molecular complexity index is 1370. The number of imide groups is 1. The Morgan fingerprint density at radius 2 is 1.51 bits per heavy atom. The predicted octanol–water partition coefficient (Wildman–Crippen LogP) is 5.10. The van der Waals surface area contributed by atoms with Gasteiger partial charge in [0, 0.05) is 11.1 Å². The Morgan fingerprint density at radius 3 is 2.03 bits per heavy atom. The van der Waals surface area contributed by atoms with Crippen LogP contribution in [0, 0.1) is 6.92 Å². The highest BCUT2D eigenvalue weighted by atomic mass is 32.2. The Kier molecular flexibility index (Phi) is 7.26. The number of nitrogens with zero attached hydrogens (tertiary/aromatic N) is 1. The molecule has 35 heavy (non-hydrogen) atoms. The Morgan fingerprint density at radius 1 is 0.914 bits per heavy atom. The van der Waals surface area contributed by atoms with Gasteiger partial charge in [0.2, 0.25) is 6.41 Å². The van der Waals surface area contributed by atoms with E-state index in [0.29, 0.717) is 23.2 Å². The van der Waals surface area contributed by atoms with Gasteiger partial charge in [0.15, 0.2) is 5.78 Å². The van der Waals surface area contributed by atoms with Crippen molar-refractivity contribution in [3.05, 3.63) is 89.0 Å². The largest absolute Gasteiger partial charge is 0.295 e. The van der Waals surface area contributed by atoms with Gasteiger partial charge in [-0.05, 0) is 78.9 Å². The van der Waals surface area contributed by atoms with Crippen LogP contribution in [0.4, 0.5) is 11.4 Å². The third-order valence-electron chi connectivity index (χ3n) is 5.72. The maximum atomic E-state index is 13.2. The number of nitrogens with one attached hydrogen (secondary N) is 1. The third kappa shape index (κ3) is 5.66. The minimum absolute atomic E-state index is 0.0988. The number of anilines is 2. The number of amides is 2. The Balaban J connectivity index is 1.90. The molecule has 0 bridgehead atoms. The second-order valence-electron chi connectivity index (χ2n) is 9.24. The van der Waals surface area contributed by atoms with Gasteiger partial charge in [-0.1, -0.05) is 39.0 Å². The molecule has 8 heteroatoms. The zero-order valence-corrected chi connectivity index (χ0v) is 21.1. The molecule has 3 aromatic carbocycles. The summed E-state index contributed by atoms with van der Waals surface area (Å²) in [5.41, 5.74) is 2.40. The number of rotatable bonds is 7. The third-order valence-corrected chi connectivity index (χ3v) is 7.10. The van der Waals surface area contributed by atoms with Crippen LogP contribution in [-0.2, 0) is 20.2 Å². The van der Waals surface area contributed by atoms with Crippen LogP contribution < -0.4 is 9.62 Å². The first-order valence-electron chi connectivity index (χ1n) is 11.0. The molecular weight excluding hydrogens is 464 g/mol. The number of Topliss-reactive ketones (excluding diaryl/α,β-unsaturated/α-hetero) is 1. The van der Waals surface area contributed by atoms with Crippen molar-refractivity contribution < 1.29 is 22.8 Å². The van der Waals surface area contributed by atoms with Gasteiger partial charge < -0.3 is 0 Å². The first kappa shape index (κ1) is 25.8. The van der Waals surface area contributed by atoms with Crippen LogP contribution in [-0.4, -0.2) is 26.5 Å². The highest BCUT2D eigenvalue weighted by molar-refractivity contribution is 7.92. The van der Waals surface area contributed by atoms with Crippen LogP contribution in [0.15, 0.2) is 71.6 Å². The smallest absolute Gasteiger partial charge is 0.265 e. The van der Waals surface area contributed by atoms with Crippen LogP contribution in [0.25, 0.3) is 0 Å². The van der Waals surface area contributed by atoms with E-state index in [1.165, 1.54) is 37.3 Å². The predicted molar refractivity (Wildman–Crippen MR) is 136 cm³/mol. The van der Waals surface area contributed by atoms with Gasteiger partial charge in [-0.15, -0.1) is 0 Å². The van der Waals surface area contributed by atoms with Crippen LogP contribution in [0.5, 0.6) is 0 Å². The molecule has 3 rings (SSSR count). The lowest BCUT2D eigenvalue weighted by atomic mass is 9.87. The second kappa shape index (κ2) is 9.84. The summed E-state index contributed by atoms with van der Waals surface area (Å²) in [7, 11) is -3.91. The van der Waals surface area contributed by atoms with E-state index in [0.717, 1.165) is 10.5 Å². The fourth-order valence-electron chi connectivity index (χ4n) is 3.53. The Labute approximate surface area is 205 Å². The number of hydrogen-bond donors (Lipinski definition) is 1. The molecule has 182 valence electrons. The van der Waals surface area contributed by atoms with Crippen LogP contribution in [0.3, 0.4) is 0 Å². The summed E-state index contributed by atoms with van der Waals surface area (Å²) in [5, 5.41) is 0. The highest BCUT2D eigenvalue weighted by Gasteiger charge is 2.23. The number of ketones is 1. The average molecular weight is 493 g/mol. The van der Waals surface area contributed by atoms with Crippen molar-refractivity contribution >= 4 is 39.5 Å². The van der Waals surface area contributed by atoms with Crippen LogP contribution in [0.2, 0.25) is 0 Å². The number of sulfonamides is 1. The van der Waals surface area contributed by atoms with Crippen molar-refractivity contribution in [2.24, 2.45) is 0 Å². The molecule has 7 nitrogen and oxygen atoms in total. The molecule has 0 aliphatic heterocycles. The lowest BCUT2D eigenvalue weighted by molar-refractivity contribution is -0.106. The topological polar surface area (TPSA) is 101 Å². The van der Waals surface area contributed by atoms with Crippen molar-refractivity contribution in [2.75, 3.05) is 9.62 Å². The van der Waals surface area contributed by atoms with Crippen molar-refractivity contribution in [1.29, 1.82) is 0 Å². The van der Waals surface area contributed by atoms with Gasteiger partial charge >= 0.3 is 0 Å². The lowest BCUT2D eigenvalue weighted by Gasteiger charge is -2.20. The second-order valence-corrected chi connectivity index (χ2v) is 10.9. The van der Waals surface area contributed by atoms with Crippen molar-refractivity contribution in [3.8, 4) is 0 Å². The molecular formula is C27H28N2O5S. The number of carbonyl (C=O) groups excluding carboxylic acids is 3. The molecule has 0 aliphatic carbocycles. The van der Waals surface area contributed by atoms with Gasteiger partial charge in [0.25, 0.3) is 15.9 Å². The van der Waals surface area contributed by atoms with Gasteiger partial charge in [-0.25, -0.2) is 13.3 Å². The van der Waals surface area contributed by atoms with Gasteiger partial charge in [0.1, 0.15) is 0 Å². The summed E-state index contributed by atoms with van der Waals surface area (Å²) < 4.78 is 28.6. The standard InChI is InChI=1S/C27H28N2O5S/c1-18-24(26(32)29(17-30)22-13-9-20(10-14-22)19(2)31)7-6-8-25(18)28-35(33,34)23-15-11-21(12-16-23)27(3,4)5/h6-17,28H,1-5H3. The van der Waals surface area contributed by atoms with Gasteiger partial charge in [-0.2, -0.15) is 0 Å². The summed E-state index contributed by atoms with van der Waals surface area (Å²) in [4.78, 5) is 37.5. The Hall–Kier alpha value is -3.78. The zero-order valence-electron chi connectivity index (χ0n) is 20.3. The first-order valence-corrected chi connectivity index (χ1v) is 12.5. The molecule has 1 N–H and O–H groups in total. The summed E-state index contributed by atoms with van der Waals surface area (Å²) in [6.45, 7) is 9.16. The molecule has 0 unspecified atom stereocenters. The normalized spacial score (nSPS) is 11.6. The molecule has 0 spiro atoms. The molecule has 0 saturated carbocycles. The average Bonchev–Trinajstić information content (AvgIpc) is 2.80. The van der Waals surface area contributed by atoms with E-state index < -0.39 is 15.9 Å². The van der Waals surface area contributed by atoms with Crippen molar-refractivity contribution in [2.45, 2.75) is 44.9 Å². The van der Waals surface area contributed by atoms with Crippen molar-refractivity contribution in [3.63, 3.8) is 0 Å². The van der Waals surface area contributed by atoms with E-state index in [-0.39, 0.29) is 27.3 Å². The molecule has 0 aromatic heterocycles. The van der Waals surface area contributed by atoms with E-state index in [9.17, 15) is 22.8 Å². The van der Waals surface area contributed by atoms with E-state index in [1.807, 2.05) is 20.8 Å². The fraction of sp³-hybridized carbons (Fsp3) is 0.222. The molecule has 3 aromatic rings. The van der Waals surface area contributed by atoms with E-state index in [4.69, 9.17) is 0 Å². The SMILES string of the molecule is CC(=O)c1ccc(N(C=O)C(=O)c2cccc(NS(=O)(=O)c3ccc(C(C)(C)C)cc3)c2C)cc1. The zero-order chi connectivity index (χ0) is 26.0. The summed E-state index contributed by atoms with van der Waals surface area (Å²) >= 11 is 0.